The van der Waals surface area contributed by atoms with Gasteiger partial charge in [0.15, 0.2) is 0 Å². The quantitative estimate of drug-likeness (QED) is 0.849. The summed E-state index contributed by atoms with van der Waals surface area (Å²) in [7, 11) is 0. The topological polar surface area (TPSA) is 58.2 Å². The molecule has 0 spiro atoms. The summed E-state index contributed by atoms with van der Waals surface area (Å²) in [6.07, 6.45) is 0.301. The SMILES string of the molecule is O=C1Cc2cc(C(=O)Nc3ccc(Br)cc3Cl)ccc2N1. The minimum absolute atomic E-state index is 0.0569. The van der Waals surface area contributed by atoms with Crippen LogP contribution in [0.4, 0.5) is 11.4 Å². The van der Waals surface area contributed by atoms with Crippen molar-refractivity contribution in [3.63, 3.8) is 0 Å². The summed E-state index contributed by atoms with van der Waals surface area (Å²) in [6, 6.07) is 10.4. The van der Waals surface area contributed by atoms with Gasteiger partial charge in [-0.25, -0.2) is 0 Å². The summed E-state index contributed by atoms with van der Waals surface area (Å²) in [5, 5.41) is 5.95. The molecule has 6 heteroatoms. The Morgan fingerprint density at radius 2 is 2.05 bits per heavy atom. The highest BCUT2D eigenvalue weighted by Crippen LogP contribution is 2.27. The largest absolute Gasteiger partial charge is 0.326 e. The Bertz CT molecular complexity index is 761. The molecule has 2 N–H and O–H groups in total. The van der Waals surface area contributed by atoms with E-state index in [4.69, 9.17) is 11.6 Å². The molecule has 2 aromatic rings. The van der Waals surface area contributed by atoms with Gasteiger partial charge >= 0.3 is 0 Å². The van der Waals surface area contributed by atoms with Crippen LogP contribution in [-0.2, 0) is 11.2 Å². The first-order valence-corrected chi connectivity index (χ1v) is 7.39. The van der Waals surface area contributed by atoms with E-state index < -0.39 is 0 Å². The van der Waals surface area contributed by atoms with Gasteiger partial charge in [-0.3, -0.25) is 9.59 Å². The number of carbonyl (C=O) groups excluding carboxylic acids is 2. The van der Waals surface area contributed by atoms with Gasteiger partial charge in [-0.05, 0) is 42.0 Å². The molecular formula is C15H10BrClN2O2. The summed E-state index contributed by atoms with van der Waals surface area (Å²) >= 11 is 9.39. The maximum Gasteiger partial charge on any atom is 0.255 e. The first-order chi connectivity index (χ1) is 10.0. The molecule has 0 saturated carbocycles. The third-order valence-electron chi connectivity index (χ3n) is 3.17. The van der Waals surface area contributed by atoms with Crippen LogP contribution in [0.1, 0.15) is 15.9 Å². The third kappa shape index (κ3) is 2.94. The second kappa shape index (κ2) is 5.50. The fourth-order valence-corrected chi connectivity index (χ4v) is 2.88. The fourth-order valence-electron chi connectivity index (χ4n) is 2.16. The van der Waals surface area contributed by atoms with E-state index in [1.165, 1.54) is 0 Å². The molecule has 1 heterocycles. The first kappa shape index (κ1) is 14.1. The van der Waals surface area contributed by atoms with E-state index in [9.17, 15) is 9.59 Å². The molecule has 106 valence electrons. The number of fused-ring (bicyclic) bond motifs is 1. The van der Waals surface area contributed by atoms with Gasteiger partial charge in [0, 0.05) is 15.7 Å². The average Bonchev–Trinajstić information content (AvgIpc) is 2.80. The summed E-state index contributed by atoms with van der Waals surface area (Å²) in [5.41, 5.74) is 2.62. The molecule has 1 aliphatic rings. The fraction of sp³-hybridized carbons (Fsp3) is 0.0667. The minimum Gasteiger partial charge on any atom is -0.326 e. The lowest BCUT2D eigenvalue weighted by molar-refractivity contribution is -0.115. The number of carbonyl (C=O) groups is 2. The van der Waals surface area contributed by atoms with Crippen LogP contribution < -0.4 is 10.6 Å². The van der Waals surface area contributed by atoms with E-state index in [-0.39, 0.29) is 11.8 Å². The van der Waals surface area contributed by atoms with Crippen molar-refractivity contribution in [2.75, 3.05) is 10.6 Å². The normalized spacial score (nSPS) is 12.8. The Morgan fingerprint density at radius 3 is 2.81 bits per heavy atom. The number of amides is 2. The molecule has 1 aliphatic heterocycles. The lowest BCUT2D eigenvalue weighted by atomic mass is 10.1. The molecule has 0 aliphatic carbocycles. The number of halogens is 2. The molecule has 2 aromatic carbocycles. The van der Waals surface area contributed by atoms with Gasteiger partial charge in [-0.2, -0.15) is 0 Å². The highest BCUT2D eigenvalue weighted by molar-refractivity contribution is 9.10. The number of hydrogen-bond donors (Lipinski definition) is 2. The molecule has 0 bridgehead atoms. The van der Waals surface area contributed by atoms with Gasteiger partial charge in [-0.1, -0.05) is 27.5 Å². The molecule has 21 heavy (non-hydrogen) atoms. The van der Waals surface area contributed by atoms with E-state index in [0.717, 1.165) is 15.7 Å². The maximum absolute atomic E-state index is 12.2. The zero-order chi connectivity index (χ0) is 15.0. The Hall–Kier alpha value is -1.85. The third-order valence-corrected chi connectivity index (χ3v) is 3.98. The zero-order valence-corrected chi connectivity index (χ0v) is 13.1. The zero-order valence-electron chi connectivity index (χ0n) is 10.7. The lowest BCUT2D eigenvalue weighted by Crippen LogP contribution is -2.12. The highest BCUT2D eigenvalue weighted by Gasteiger charge is 2.19. The van der Waals surface area contributed by atoms with E-state index in [0.29, 0.717) is 22.7 Å². The molecule has 0 atom stereocenters. The van der Waals surface area contributed by atoms with E-state index >= 15 is 0 Å². The van der Waals surface area contributed by atoms with Gasteiger partial charge in [0.25, 0.3) is 5.91 Å². The predicted octanol–water partition coefficient (Wildman–Crippen LogP) is 3.85. The molecule has 0 saturated heterocycles. The van der Waals surface area contributed by atoms with Crippen LogP contribution in [0.15, 0.2) is 40.9 Å². The van der Waals surface area contributed by atoms with Crippen LogP contribution in [0.3, 0.4) is 0 Å². The number of nitrogens with one attached hydrogen (secondary N) is 2. The molecule has 4 nitrogen and oxygen atoms in total. The van der Waals surface area contributed by atoms with Crippen molar-refractivity contribution in [2.45, 2.75) is 6.42 Å². The smallest absolute Gasteiger partial charge is 0.255 e. The van der Waals surface area contributed by atoms with Crippen molar-refractivity contribution < 1.29 is 9.59 Å². The molecule has 0 radical (unpaired) electrons. The van der Waals surface area contributed by atoms with Crippen molar-refractivity contribution in [1.29, 1.82) is 0 Å². The van der Waals surface area contributed by atoms with Crippen LogP contribution in [0.2, 0.25) is 5.02 Å². The lowest BCUT2D eigenvalue weighted by Gasteiger charge is -2.08. The van der Waals surface area contributed by atoms with Crippen molar-refractivity contribution in [1.82, 2.24) is 0 Å². The molecule has 0 unspecified atom stereocenters. The molecular weight excluding hydrogens is 356 g/mol. The number of rotatable bonds is 2. The minimum atomic E-state index is -0.263. The monoisotopic (exact) mass is 364 g/mol. The van der Waals surface area contributed by atoms with Gasteiger partial charge in [0.1, 0.15) is 0 Å². The van der Waals surface area contributed by atoms with Crippen molar-refractivity contribution in [2.24, 2.45) is 0 Å². The van der Waals surface area contributed by atoms with Crippen LogP contribution in [-0.4, -0.2) is 11.8 Å². The number of hydrogen-bond acceptors (Lipinski definition) is 2. The van der Waals surface area contributed by atoms with Crippen molar-refractivity contribution in [3.05, 3.63) is 57.0 Å². The Morgan fingerprint density at radius 1 is 1.24 bits per heavy atom. The first-order valence-electron chi connectivity index (χ1n) is 6.22. The van der Waals surface area contributed by atoms with Crippen molar-refractivity contribution in [3.8, 4) is 0 Å². The standard InChI is InChI=1S/C15H10BrClN2O2/c16-10-2-4-13(11(17)7-10)19-15(21)8-1-3-12-9(5-8)6-14(20)18-12/h1-5,7H,6H2,(H,18,20)(H,19,21). The predicted molar refractivity (Wildman–Crippen MR) is 85.9 cm³/mol. The van der Waals surface area contributed by atoms with E-state index in [1.54, 1.807) is 36.4 Å². The van der Waals surface area contributed by atoms with Crippen LogP contribution in [0, 0.1) is 0 Å². The van der Waals surface area contributed by atoms with Gasteiger partial charge in [-0.15, -0.1) is 0 Å². The number of benzene rings is 2. The van der Waals surface area contributed by atoms with Gasteiger partial charge in [0.2, 0.25) is 5.91 Å². The maximum atomic E-state index is 12.2. The Kier molecular flexibility index (Phi) is 3.69. The molecule has 0 fully saturated rings. The van der Waals surface area contributed by atoms with Gasteiger partial charge in [0.05, 0.1) is 17.1 Å². The second-order valence-corrected chi connectivity index (χ2v) is 6.00. The van der Waals surface area contributed by atoms with E-state index in [2.05, 4.69) is 26.6 Å². The van der Waals surface area contributed by atoms with E-state index in [1.807, 2.05) is 0 Å². The van der Waals surface area contributed by atoms with Crippen LogP contribution in [0.5, 0.6) is 0 Å². The average molecular weight is 366 g/mol. The Balaban J connectivity index is 1.83. The summed E-state index contributed by atoms with van der Waals surface area (Å²) in [6.45, 7) is 0. The van der Waals surface area contributed by atoms with Gasteiger partial charge < -0.3 is 10.6 Å². The second-order valence-electron chi connectivity index (χ2n) is 4.68. The van der Waals surface area contributed by atoms with Crippen LogP contribution in [0.25, 0.3) is 0 Å². The summed E-state index contributed by atoms with van der Waals surface area (Å²) < 4.78 is 0.840. The molecule has 0 aromatic heterocycles. The number of anilines is 2. The van der Waals surface area contributed by atoms with Crippen LogP contribution >= 0.6 is 27.5 Å². The van der Waals surface area contributed by atoms with Crippen molar-refractivity contribution >= 4 is 50.7 Å². The molecule has 3 rings (SSSR count). The molecule has 2 amide bonds. The summed E-state index contributed by atoms with van der Waals surface area (Å²) in [5.74, 6) is -0.320. The summed E-state index contributed by atoms with van der Waals surface area (Å²) in [4.78, 5) is 23.6. The Labute approximate surface area is 134 Å². The highest BCUT2D eigenvalue weighted by atomic mass is 79.9.